The van der Waals surface area contributed by atoms with Gasteiger partial charge in [0.25, 0.3) is 0 Å². The number of methoxy groups -OCH3 is 1. The van der Waals surface area contributed by atoms with Gasteiger partial charge in [-0.15, -0.1) is 0 Å². The van der Waals surface area contributed by atoms with Crippen LogP contribution >= 0.6 is 0 Å². The van der Waals surface area contributed by atoms with Crippen LogP contribution in [0.2, 0.25) is 0 Å². The summed E-state index contributed by atoms with van der Waals surface area (Å²) in [6.45, 7) is -2.58. The molecule has 3 rings (SSSR count). The van der Waals surface area contributed by atoms with Gasteiger partial charge in [0.15, 0.2) is 31.1 Å². The molecule has 12 N–H and O–H groups in total. The summed E-state index contributed by atoms with van der Waals surface area (Å²) in [5.41, 5.74) is 11.5. The molecule has 33 heteroatoms. The SMILES string of the molecule is COC(=O)[C@@H]1O[C@@H](O[C@H]2[C@H](O)[C@@H](N)C(O)O[C@@H]2COS(=O)(=O)O)[C@H](OS(=O)(=O)O)[C@@H](O)[C@@H]1O[C@H]1O[C@H](COS(=O)(=O)O)[C@@H](O)[C@H](OS(=O)(=O)O)[C@H]1N. The van der Waals surface area contributed by atoms with E-state index in [0.29, 0.717) is 0 Å². The Morgan fingerprint density at radius 1 is 0.596 bits per heavy atom. The number of hydrogen-bond donors (Lipinski definition) is 10. The fourth-order valence-electron chi connectivity index (χ4n) is 4.97. The van der Waals surface area contributed by atoms with E-state index in [1.807, 2.05) is 0 Å². The predicted octanol–water partition coefficient (Wildman–Crippen LogP) is -8.15. The van der Waals surface area contributed by atoms with Crippen molar-refractivity contribution < 1.29 is 122 Å². The lowest BCUT2D eigenvalue weighted by atomic mass is 9.95. The fraction of sp³-hybridized carbons (Fsp3) is 0.947. The van der Waals surface area contributed by atoms with E-state index >= 15 is 0 Å². The van der Waals surface area contributed by atoms with E-state index in [2.05, 4.69) is 21.5 Å². The zero-order valence-corrected chi connectivity index (χ0v) is 29.0. The van der Waals surface area contributed by atoms with Crippen LogP contribution < -0.4 is 11.5 Å². The van der Waals surface area contributed by atoms with Gasteiger partial charge in [0.2, 0.25) is 0 Å². The molecule has 0 amide bonds. The van der Waals surface area contributed by atoms with Crippen LogP contribution in [0.3, 0.4) is 0 Å². The summed E-state index contributed by atoms with van der Waals surface area (Å²) in [6.07, 6.45) is -29.7. The molecule has 3 aliphatic rings. The molecular weight excluding hydrogens is 816 g/mol. The Labute approximate surface area is 293 Å². The Kier molecular flexibility index (Phi) is 14.8. The second kappa shape index (κ2) is 17.1. The third kappa shape index (κ3) is 12.3. The molecule has 0 aromatic carbocycles. The van der Waals surface area contributed by atoms with Crippen LogP contribution in [0.1, 0.15) is 0 Å². The molecule has 29 nitrogen and oxygen atoms in total. The van der Waals surface area contributed by atoms with Crippen LogP contribution in [0.4, 0.5) is 0 Å². The first-order chi connectivity index (χ1) is 23.6. The summed E-state index contributed by atoms with van der Waals surface area (Å²) >= 11 is 0. The Morgan fingerprint density at radius 2 is 1.10 bits per heavy atom. The van der Waals surface area contributed by atoms with E-state index in [9.17, 15) is 68.0 Å². The van der Waals surface area contributed by atoms with Crippen molar-refractivity contribution in [1.29, 1.82) is 0 Å². The Bertz CT molecular complexity index is 1680. The second-order valence-electron chi connectivity index (χ2n) is 10.8. The van der Waals surface area contributed by atoms with Crippen molar-refractivity contribution in [3.63, 3.8) is 0 Å². The maximum atomic E-state index is 12.9. The number of nitrogens with two attached hydrogens (primary N) is 2. The predicted molar refractivity (Wildman–Crippen MR) is 152 cm³/mol. The van der Waals surface area contributed by atoms with Crippen molar-refractivity contribution in [2.45, 2.75) is 92.0 Å². The van der Waals surface area contributed by atoms with Gasteiger partial charge in [-0.1, -0.05) is 0 Å². The molecular formula is C19H34N2O27S4. The Hall–Kier alpha value is -1.49. The zero-order valence-electron chi connectivity index (χ0n) is 25.7. The van der Waals surface area contributed by atoms with Crippen LogP contribution in [0, 0.1) is 0 Å². The lowest BCUT2D eigenvalue weighted by Crippen LogP contribution is -2.69. The molecule has 3 saturated heterocycles. The minimum Gasteiger partial charge on any atom is -0.467 e. The molecule has 15 atom stereocenters. The largest absolute Gasteiger partial charge is 0.467 e. The van der Waals surface area contributed by atoms with Gasteiger partial charge in [0, 0.05) is 0 Å². The van der Waals surface area contributed by atoms with Crippen molar-refractivity contribution in [3.8, 4) is 0 Å². The number of rotatable bonds is 15. The average Bonchev–Trinajstić information content (AvgIpc) is 2.99. The summed E-state index contributed by atoms with van der Waals surface area (Å²) in [4.78, 5) is 12.9. The van der Waals surface area contributed by atoms with E-state index in [1.165, 1.54) is 0 Å². The maximum absolute atomic E-state index is 12.9. The summed E-state index contributed by atoms with van der Waals surface area (Å²) in [5, 5.41) is 42.5. The summed E-state index contributed by atoms with van der Waals surface area (Å²) in [7, 11) is -20.9. The molecule has 0 aliphatic carbocycles. The van der Waals surface area contributed by atoms with Gasteiger partial charge in [0.1, 0.15) is 48.8 Å². The van der Waals surface area contributed by atoms with Gasteiger partial charge in [-0.3, -0.25) is 18.2 Å². The van der Waals surface area contributed by atoms with Crippen molar-refractivity contribution in [3.05, 3.63) is 0 Å². The number of esters is 1. The number of hydrogen-bond acceptors (Lipinski definition) is 25. The molecule has 0 saturated carbocycles. The summed E-state index contributed by atoms with van der Waals surface area (Å²) in [5.74, 6) is -1.51. The van der Waals surface area contributed by atoms with Crippen molar-refractivity contribution in [2.75, 3.05) is 20.3 Å². The van der Waals surface area contributed by atoms with Gasteiger partial charge < -0.3 is 60.3 Å². The van der Waals surface area contributed by atoms with Crippen molar-refractivity contribution in [2.24, 2.45) is 11.5 Å². The van der Waals surface area contributed by atoms with E-state index < -0.39 is 153 Å². The van der Waals surface area contributed by atoms with Crippen LogP contribution in [0.5, 0.6) is 0 Å². The summed E-state index contributed by atoms with van der Waals surface area (Å²) in [6, 6.07) is -3.88. The number of aliphatic hydroxyl groups is 4. The monoisotopic (exact) mass is 850 g/mol. The molecule has 0 aromatic heterocycles. The highest BCUT2D eigenvalue weighted by Crippen LogP contribution is 2.34. The van der Waals surface area contributed by atoms with E-state index in [-0.39, 0.29) is 0 Å². The highest BCUT2D eigenvalue weighted by molar-refractivity contribution is 7.81. The molecule has 0 bridgehead atoms. The van der Waals surface area contributed by atoms with Crippen LogP contribution in [0.15, 0.2) is 0 Å². The molecule has 1 unspecified atom stereocenters. The van der Waals surface area contributed by atoms with Gasteiger partial charge in [-0.05, 0) is 0 Å². The first-order valence-electron chi connectivity index (χ1n) is 13.8. The van der Waals surface area contributed by atoms with Crippen molar-refractivity contribution >= 4 is 47.6 Å². The Balaban J connectivity index is 2.03. The van der Waals surface area contributed by atoms with Gasteiger partial charge >= 0.3 is 47.6 Å². The van der Waals surface area contributed by atoms with Crippen LogP contribution in [0.25, 0.3) is 0 Å². The number of ether oxygens (including phenoxy) is 6. The average molecular weight is 851 g/mol. The van der Waals surface area contributed by atoms with E-state index in [4.69, 9.17) is 44.3 Å². The fourth-order valence-corrected chi connectivity index (χ4v) is 6.59. The molecule has 3 aliphatic heterocycles. The smallest absolute Gasteiger partial charge is 0.397 e. The number of carbonyl (C=O) groups is 1. The number of carbonyl (C=O) groups excluding carboxylic acids is 1. The second-order valence-corrected chi connectivity index (χ2v) is 15.1. The van der Waals surface area contributed by atoms with E-state index in [1.54, 1.807) is 0 Å². The molecule has 0 radical (unpaired) electrons. The quantitative estimate of drug-likeness (QED) is 0.0540. The normalized spacial score (nSPS) is 39.6. The molecule has 3 heterocycles. The van der Waals surface area contributed by atoms with Crippen LogP contribution in [-0.2, 0) is 91.5 Å². The summed E-state index contributed by atoms with van der Waals surface area (Å²) < 4.78 is 176. The highest BCUT2D eigenvalue weighted by Gasteiger charge is 2.57. The third-order valence-corrected chi connectivity index (χ3v) is 9.02. The highest BCUT2D eigenvalue weighted by atomic mass is 32.3. The minimum absolute atomic E-state index is 0.742. The zero-order chi connectivity index (χ0) is 39.7. The minimum atomic E-state index is -5.67. The maximum Gasteiger partial charge on any atom is 0.397 e. The molecule has 3 fully saturated rings. The van der Waals surface area contributed by atoms with Crippen molar-refractivity contribution in [1.82, 2.24) is 0 Å². The first-order valence-corrected chi connectivity index (χ1v) is 19.2. The third-order valence-electron chi connectivity index (χ3n) is 7.23. The molecule has 306 valence electrons. The molecule has 52 heavy (non-hydrogen) atoms. The topological polar surface area (TPSA) is 460 Å². The van der Waals surface area contributed by atoms with Crippen LogP contribution in [-0.4, -0.2) is 191 Å². The van der Waals surface area contributed by atoms with E-state index in [0.717, 1.165) is 7.11 Å². The molecule has 0 aromatic rings. The van der Waals surface area contributed by atoms with Gasteiger partial charge in [-0.2, -0.15) is 33.7 Å². The number of aliphatic hydroxyl groups excluding tert-OH is 4. The van der Waals surface area contributed by atoms with Gasteiger partial charge in [0.05, 0.1) is 32.4 Å². The standard InChI is InChI=1S/C19H34N2O27S4/c1-39-17(26)15-13(45-18-7(21)12(47-51(33,34)35)8(22)4(43-18)2-40-49(27,28)29)10(24)14(48-52(36,37)38)19(46-15)44-11-5(3-41-50(30,31)32)42-16(25)6(20)9(11)23/h4-16,18-19,22-25H,2-3,20-21H2,1H3,(H,27,28,29)(H,30,31,32)(H,33,34,35)(H,36,37,38)/t4-,5-,6-,7-,8-,9-,10+,11-,12-,13+,14-,15-,16?,18-,19-/m1/s1. The van der Waals surface area contributed by atoms with Gasteiger partial charge in [-0.25, -0.2) is 21.5 Å². The molecule has 0 spiro atoms. The Morgan fingerprint density at radius 3 is 1.60 bits per heavy atom. The first kappa shape index (κ1) is 44.9. The lowest BCUT2D eigenvalue weighted by molar-refractivity contribution is -0.356. The lowest BCUT2D eigenvalue weighted by Gasteiger charge is -2.48.